The Kier molecular flexibility index (Phi) is 6.53. The molecule has 1 amide bonds. The van der Waals surface area contributed by atoms with Crippen LogP contribution in [0.5, 0.6) is 0 Å². The highest BCUT2D eigenvalue weighted by Crippen LogP contribution is 2.30. The second kappa shape index (κ2) is 9.91. The molecule has 0 aliphatic carbocycles. The van der Waals surface area contributed by atoms with Crippen LogP contribution in [0.4, 0.5) is 10.8 Å². The number of thioether (sulfide) groups is 1. The molecular formula is C24H21N7O3S2. The van der Waals surface area contributed by atoms with Gasteiger partial charge in [0.15, 0.2) is 27.7 Å². The molecule has 5 rings (SSSR count). The van der Waals surface area contributed by atoms with Gasteiger partial charge in [0.2, 0.25) is 0 Å². The van der Waals surface area contributed by atoms with E-state index in [1.165, 1.54) is 11.8 Å². The lowest BCUT2D eigenvalue weighted by atomic mass is 10.2. The molecule has 0 saturated heterocycles. The molecule has 36 heavy (non-hydrogen) atoms. The molecule has 0 saturated carbocycles. The van der Waals surface area contributed by atoms with Gasteiger partial charge in [-0.1, -0.05) is 24.3 Å². The van der Waals surface area contributed by atoms with Gasteiger partial charge in [0.05, 0.1) is 10.2 Å². The van der Waals surface area contributed by atoms with Crippen molar-refractivity contribution in [1.29, 1.82) is 0 Å². The quantitative estimate of drug-likeness (QED) is 0.256. The molecule has 0 aliphatic heterocycles. The normalized spacial score (nSPS) is 12.1. The number of aryl methyl sites for hydroxylation is 1. The molecule has 5 aromatic rings. The molecule has 0 spiro atoms. The number of carbonyl (C=O) groups is 2. The maximum atomic E-state index is 12.8. The molecule has 0 aliphatic rings. The van der Waals surface area contributed by atoms with Crippen LogP contribution in [-0.4, -0.2) is 52.7 Å². The van der Waals surface area contributed by atoms with E-state index in [4.69, 9.17) is 0 Å². The third-order valence-electron chi connectivity index (χ3n) is 5.30. The van der Waals surface area contributed by atoms with Gasteiger partial charge in [0.1, 0.15) is 0 Å². The van der Waals surface area contributed by atoms with Crippen LogP contribution in [0.3, 0.4) is 0 Å². The number of carboxylic acids is 1. The lowest BCUT2D eigenvalue weighted by Crippen LogP contribution is -2.39. The summed E-state index contributed by atoms with van der Waals surface area (Å²) < 4.78 is 2.78. The minimum Gasteiger partial charge on any atom is -0.479 e. The van der Waals surface area contributed by atoms with E-state index in [1.54, 1.807) is 21.9 Å². The molecular weight excluding hydrogens is 498 g/mol. The summed E-state index contributed by atoms with van der Waals surface area (Å²) in [5, 5.41) is 23.3. The van der Waals surface area contributed by atoms with E-state index in [2.05, 4.69) is 43.8 Å². The van der Waals surface area contributed by atoms with E-state index in [0.29, 0.717) is 11.6 Å². The average molecular weight is 520 g/mol. The van der Waals surface area contributed by atoms with E-state index < -0.39 is 17.3 Å². The first-order valence-electron chi connectivity index (χ1n) is 11.0. The van der Waals surface area contributed by atoms with Crippen molar-refractivity contribution in [2.45, 2.75) is 19.2 Å². The summed E-state index contributed by atoms with van der Waals surface area (Å²) in [5.41, 5.74) is 4.05. The summed E-state index contributed by atoms with van der Waals surface area (Å²) in [6.07, 6.45) is 3.12. The second-order valence-corrected chi connectivity index (χ2v) is 10.2. The summed E-state index contributed by atoms with van der Waals surface area (Å²) in [6, 6.07) is 13.8. The number of benzene rings is 2. The number of rotatable bonds is 8. The van der Waals surface area contributed by atoms with Crippen molar-refractivity contribution in [1.82, 2.24) is 29.9 Å². The lowest BCUT2D eigenvalue weighted by molar-refractivity contribution is -0.136. The average Bonchev–Trinajstić information content (AvgIpc) is 3.47. The second-order valence-electron chi connectivity index (χ2n) is 7.83. The molecule has 0 radical (unpaired) electrons. The van der Waals surface area contributed by atoms with Gasteiger partial charge in [0, 0.05) is 23.6 Å². The zero-order chi connectivity index (χ0) is 25.2. The molecule has 3 aromatic heterocycles. The van der Waals surface area contributed by atoms with E-state index >= 15 is 0 Å². The summed E-state index contributed by atoms with van der Waals surface area (Å²) in [7, 11) is 0. The van der Waals surface area contributed by atoms with Crippen LogP contribution in [0.15, 0.2) is 54.9 Å². The van der Waals surface area contributed by atoms with Crippen molar-refractivity contribution < 1.29 is 14.7 Å². The Bertz CT molecular complexity index is 1580. The van der Waals surface area contributed by atoms with Crippen molar-refractivity contribution in [2.75, 3.05) is 11.1 Å². The van der Waals surface area contributed by atoms with Gasteiger partial charge in [0.25, 0.3) is 5.91 Å². The highest BCUT2D eigenvalue weighted by atomic mass is 32.2. The third-order valence-corrected chi connectivity index (χ3v) is 7.22. The number of hydrogen-bond acceptors (Lipinski definition) is 9. The monoisotopic (exact) mass is 519 g/mol. The minimum atomic E-state index is -1.13. The van der Waals surface area contributed by atoms with Crippen LogP contribution in [-0.2, 0) is 4.79 Å². The van der Waals surface area contributed by atoms with Crippen LogP contribution < -0.4 is 10.6 Å². The molecule has 0 bridgehead atoms. The molecule has 10 nitrogen and oxygen atoms in total. The smallest absolute Gasteiger partial charge is 0.336 e. The Morgan fingerprint density at radius 3 is 2.72 bits per heavy atom. The maximum Gasteiger partial charge on any atom is 0.336 e. The number of thiazole rings is 1. The van der Waals surface area contributed by atoms with E-state index in [0.717, 1.165) is 38.4 Å². The van der Waals surface area contributed by atoms with Gasteiger partial charge in [-0.05, 0) is 54.6 Å². The van der Waals surface area contributed by atoms with Crippen LogP contribution >= 0.6 is 23.1 Å². The minimum absolute atomic E-state index is 0.00330. The Morgan fingerprint density at radius 1 is 1.17 bits per heavy atom. The van der Waals surface area contributed by atoms with E-state index in [-0.39, 0.29) is 11.3 Å². The number of nitrogens with one attached hydrogen (secondary N) is 2. The van der Waals surface area contributed by atoms with Gasteiger partial charge in [-0.3, -0.25) is 9.20 Å². The topological polar surface area (TPSA) is 134 Å². The molecule has 0 fully saturated rings. The largest absolute Gasteiger partial charge is 0.479 e. The summed E-state index contributed by atoms with van der Waals surface area (Å²) in [5.74, 6) is -0.688. The Labute approximate surface area is 213 Å². The molecule has 12 heteroatoms. The van der Waals surface area contributed by atoms with Crippen molar-refractivity contribution >= 4 is 61.7 Å². The first-order chi connectivity index (χ1) is 17.4. The molecule has 1 atom stereocenters. The number of aliphatic carboxylic acids is 1. The molecule has 3 N–H and O–H groups in total. The molecule has 1 unspecified atom stereocenters. The lowest BCUT2D eigenvalue weighted by Gasteiger charge is -2.12. The third kappa shape index (κ3) is 4.72. The predicted octanol–water partition coefficient (Wildman–Crippen LogP) is 4.35. The number of fused-ring (bicyclic) bond motifs is 2. The van der Waals surface area contributed by atoms with Crippen molar-refractivity contribution in [3.05, 3.63) is 66.1 Å². The number of nitrogens with zero attached hydrogens (tertiary/aromatic N) is 5. The van der Waals surface area contributed by atoms with Crippen LogP contribution in [0.1, 0.15) is 23.0 Å². The Balaban J connectivity index is 1.38. The Morgan fingerprint density at radius 2 is 1.97 bits per heavy atom. The van der Waals surface area contributed by atoms with Crippen LogP contribution in [0.2, 0.25) is 0 Å². The van der Waals surface area contributed by atoms with Crippen molar-refractivity contribution in [2.24, 2.45) is 0 Å². The zero-order valence-electron chi connectivity index (χ0n) is 19.3. The fourth-order valence-electron chi connectivity index (χ4n) is 3.62. The van der Waals surface area contributed by atoms with E-state index in [9.17, 15) is 14.7 Å². The van der Waals surface area contributed by atoms with Crippen molar-refractivity contribution in [3.8, 4) is 11.4 Å². The highest BCUT2D eigenvalue weighted by Gasteiger charge is 2.24. The fourth-order valence-corrected chi connectivity index (χ4v) is 5.27. The first-order valence-corrected chi connectivity index (χ1v) is 12.9. The van der Waals surface area contributed by atoms with Crippen LogP contribution in [0, 0.1) is 6.92 Å². The van der Waals surface area contributed by atoms with Crippen molar-refractivity contribution in [3.63, 3.8) is 0 Å². The number of amides is 1. The van der Waals surface area contributed by atoms with Crippen LogP contribution in [0.25, 0.3) is 27.3 Å². The number of hydrogen-bond donors (Lipinski definition) is 3. The molecule has 182 valence electrons. The number of aromatic nitrogens is 5. The van der Waals surface area contributed by atoms with Gasteiger partial charge < -0.3 is 15.7 Å². The van der Waals surface area contributed by atoms with E-state index in [1.807, 2.05) is 43.3 Å². The summed E-state index contributed by atoms with van der Waals surface area (Å²) in [4.78, 5) is 32.9. The standard InChI is InChI=1S/C24H21N7O3S2/c1-3-35-22(23(33)34)28-21(32)18-20-30-29-19(31(20)11-10-25-18)14-5-7-15(8-6-14)26-24-27-16-9-4-13(2)12-17(16)36-24/h4-12,22H,3H2,1-2H3,(H,26,27)(H,28,32)(H,33,34). The molecule has 2 aromatic carbocycles. The highest BCUT2D eigenvalue weighted by molar-refractivity contribution is 8.00. The predicted molar refractivity (Wildman–Crippen MR) is 141 cm³/mol. The number of carboxylic acid groups (broad SMARTS) is 1. The van der Waals surface area contributed by atoms with Gasteiger partial charge in [-0.2, -0.15) is 0 Å². The molecule has 3 heterocycles. The summed E-state index contributed by atoms with van der Waals surface area (Å²) >= 11 is 2.70. The van der Waals surface area contributed by atoms with Gasteiger partial charge >= 0.3 is 5.97 Å². The fraction of sp³-hybridized carbons (Fsp3) is 0.167. The number of carbonyl (C=O) groups excluding carboxylic acids is 1. The van der Waals surface area contributed by atoms with Gasteiger partial charge in [-0.15, -0.1) is 22.0 Å². The SMILES string of the molecule is CCSC(NC(=O)c1nccn2c(-c3ccc(Nc4nc5ccc(C)cc5s4)cc3)nnc12)C(=O)O. The summed E-state index contributed by atoms with van der Waals surface area (Å²) in [6.45, 7) is 3.88. The zero-order valence-corrected chi connectivity index (χ0v) is 20.9. The number of anilines is 2. The Hall–Kier alpha value is -4.03. The maximum absolute atomic E-state index is 12.8. The first kappa shape index (κ1) is 23.7. The van der Waals surface area contributed by atoms with Gasteiger partial charge in [-0.25, -0.2) is 14.8 Å².